The predicted molar refractivity (Wildman–Crippen MR) is 70.0 cm³/mol. The topological polar surface area (TPSA) is 38.3 Å². The molecule has 1 amide bonds. The van der Waals surface area contributed by atoms with Crippen LogP contribution in [0.3, 0.4) is 0 Å². The van der Waals surface area contributed by atoms with Gasteiger partial charge in [0.05, 0.1) is 6.54 Å². The summed E-state index contributed by atoms with van der Waals surface area (Å²) in [6.45, 7) is 0.427. The molecule has 1 N–H and O–H groups in total. The van der Waals surface area contributed by atoms with E-state index in [1.165, 1.54) is 6.07 Å². The minimum Gasteiger partial charge on any atom is -0.478 e. The Bertz CT molecular complexity index is 500. The molecule has 4 heteroatoms. The van der Waals surface area contributed by atoms with Crippen LogP contribution in [0.25, 0.3) is 0 Å². The van der Waals surface area contributed by atoms with Gasteiger partial charge < -0.3 is 10.1 Å². The van der Waals surface area contributed by atoms with Gasteiger partial charge in [0.25, 0.3) is 0 Å². The zero-order valence-electron chi connectivity index (χ0n) is 10.6. The molecule has 0 spiro atoms. The number of ether oxygens (including phenoxy) is 1. The molecular formula is C15H16FNO2. The number of hydrogen-bond donors (Lipinski definition) is 1. The molecule has 3 nitrogen and oxygen atoms in total. The van der Waals surface area contributed by atoms with Gasteiger partial charge in [-0.25, -0.2) is 4.39 Å². The summed E-state index contributed by atoms with van der Waals surface area (Å²) in [5.41, 5.74) is 0. The number of hydrogen-bond acceptors (Lipinski definition) is 2. The fourth-order valence-corrected chi connectivity index (χ4v) is 1.74. The summed E-state index contributed by atoms with van der Waals surface area (Å²) in [7, 11) is 0. The molecule has 0 radical (unpaired) electrons. The standard InChI is InChI=1S/C15H16FNO2/c16-13-8-1-2-9-14(13)19-11-4-3-10-17-15(18)12-6-5-7-12/h1-2,8-9,12H,5-7,10-11H2,(H,17,18). The van der Waals surface area contributed by atoms with Crippen LogP contribution in [0.4, 0.5) is 4.39 Å². The van der Waals surface area contributed by atoms with E-state index in [1.807, 2.05) is 0 Å². The van der Waals surface area contributed by atoms with Gasteiger partial charge in [0.15, 0.2) is 11.6 Å². The van der Waals surface area contributed by atoms with Crippen molar-refractivity contribution in [3.8, 4) is 17.6 Å². The lowest BCUT2D eigenvalue weighted by Crippen LogP contribution is -2.34. The maximum atomic E-state index is 13.2. The Hall–Kier alpha value is -2.02. The van der Waals surface area contributed by atoms with E-state index in [4.69, 9.17) is 4.74 Å². The van der Waals surface area contributed by atoms with Crippen LogP contribution < -0.4 is 10.1 Å². The molecule has 1 fully saturated rings. The van der Waals surface area contributed by atoms with E-state index in [1.54, 1.807) is 18.2 Å². The van der Waals surface area contributed by atoms with Crippen molar-refractivity contribution in [1.29, 1.82) is 0 Å². The Labute approximate surface area is 112 Å². The summed E-state index contributed by atoms with van der Waals surface area (Å²) in [5, 5.41) is 2.75. The summed E-state index contributed by atoms with van der Waals surface area (Å²) < 4.78 is 18.3. The maximum Gasteiger partial charge on any atom is 0.223 e. The lowest BCUT2D eigenvalue weighted by molar-refractivity contribution is -0.127. The SMILES string of the molecule is O=C(NCC#CCOc1ccccc1F)C1CCC1. The van der Waals surface area contributed by atoms with Gasteiger partial charge in [-0.15, -0.1) is 0 Å². The molecule has 100 valence electrons. The molecule has 0 heterocycles. The van der Waals surface area contributed by atoms with Gasteiger partial charge in [-0.2, -0.15) is 0 Å². The molecular weight excluding hydrogens is 245 g/mol. The third kappa shape index (κ3) is 3.99. The largest absolute Gasteiger partial charge is 0.478 e. The Morgan fingerprint density at radius 1 is 1.37 bits per heavy atom. The third-order valence-corrected chi connectivity index (χ3v) is 3.09. The molecule has 1 aromatic rings. The average Bonchev–Trinajstić information content (AvgIpc) is 2.33. The highest BCUT2D eigenvalue weighted by Gasteiger charge is 2.24. The van der Waals surface area contributed by atoms with E-state index in [0.29, 0.717) is 6.54 Å². The van der Waals surface area contributed by atoms with Crippen molar-refractivity contribution < 1.29 is 13.9 Å². The quantitative estimate of drug-likeness (QED) is 0.843. The minimum atomic E-state index is -0.400. The summed E-state index contributed by atoms with van der Waals surface area (Å²) in [4.78, 5) is 11.5. The minimum absolute atomic E-state index is 0.0792. The van der Waals surface area contributed by atoms with Crippen LogP contribution in [0, 0.1) is 23.6 Å². The number of benzene rings is 1. The number of carbonyl (C=O) groups is 1. The molecule has 19 heavy (non-hydrogen) atoms. The van der Waals surface area contributed by atoms with Crippen molar-refractivity contribution in [3.05, 3.63) is 30.1 Å². The first-order valence-corrected chi connectivity index (χ1v) is 6.38. The Balaban J connectivity index is 1.64. The van der Waals surface area contributed by atoms with Gasteiger partial charge in [0.1, 0.15) is 6.61 Å². The van der Waals surface area contributed by atoms with Crippen LogP contribution in [0.1, 0.15) is 19.3 Å². The number of carbonyl (C=O) groups excluding carboxylic acids is 1. The fraction of sp³-hybridized carbons (Fsp3) is 0.400. The number of rotatable bonds is 4. The number of para-hydroxylation sites is 1. The van der Waals surface area contributed by atoms with Crippen molar-refractivity contribution in [1.82, 2.24) is 5.32 Å². The van der Waals surface area contributed by atoms with Crippen molar-refractivity contribution in [3.63, 3.8) is 0 Å². The number of nitrogens with one attached hydrogen (secondary N) is 1. The van der Waals surface area contributed by atoms with E-state index in [9.17, 15) is 9.18 Å². The zero-order valence-corrected chi connectivity index (χ0v) is 10.6. The van der Waals surface area contributed by atoms with Crippen LogP contribution in [0.15, 0.2) is 24.3 Å². The first-order chi connectivity index (χ1) is 9.27. The number of amides is 1. The van der Waals surface area contributed by atoms with E-state index < -0.39 is 5.82 Å². The average molecular weight is 261 g/mol. The molecule has 0 aromatic heterocycles. The van der Waals surface area contributed by atoms with Crippen molar-refractivity contribution in [2.75, 3.05) is 13.2 Å². The second-order valence-electron chi connectivity index (χ2n) is 4.42. The highest BCUT2D eigenvalue weighted by Crippen LogP contribution is 2.25. The summed E-state index contributed by atoms with van der Waals surface area (Å²) >= 11 is 0. The summed E-state index contributed by atoms with van der Waals surface area (Å²) in [5.74, 6) is 5.56. The molecule has 1 aliphatic rings. The normalized spacial score (nSPS) is 13.9. The van der Waals surface area contributed by atoms with Gasteiger partial charge in [-0.05, 0) is 25.0 Å². The Kier molecular flexibility index (Phi) is 4.79. The van der Waals surface area contributed by atoms with Gasteiger partial charge in [0, 0.05) is 5.92 Å². The second-order valence-corrected chi connectivity index (χ2v) is 4.42. The van der Waals surface area contributed by atoms with Crippen molar-refractivity contribution in [2.24, 2.45) is 5.92 Å². The van der Waals surface area contributed by atoms with E-state index in [-0.39, 0.29) is 24.2 Å². The molecule has 1 aliphatic carbocycles. The Morgan fingerprint density at radius 3 is 2.84 bits per heavy atom. The van der Waals surface area contributed by atoms with Crippen molar-refractivity contribution in [2.45, 2.75) is 19.3 Å². The van der Waals surface area contributed by atoms with Gasteiger partial charge >= 0.3 is 0 Å². The zero-order chi connectivity index (χ0) is 13.5. The van der Waals surface area contributed by atoms with Gasteiger partial charge in [-0.3, -0.25) is 4.79 Å². The van der Waals surface area contributed by atoms with E-state index in [2.05, 4.69) is 17.2 Å². The summed E-state index contributed by atoms with van der Waals surface area (Å²) in [6, 6.07) is 6.19. The molecule has 0 atom stereocenters. The van der Waals surface area contributed by atoms with E-state index in [0.717, 1.165) is 19.3 Å². The molecule has 0 saturated heterocycles. The first-order valence-electron chi connectivity index (χ1n) is 6.38. The monoisotopic (exact) mass is 261 g/mol. The van der Waals surface area contributed by atoms with Crippen LogP contribution in [-0.4, -0.2) is 19.1 Å². The highest BCUT2D eigenvalue weighted by atomic mass is 19.1. The predicted octanol–water partition coefficient (Wildman–Crippen LogP) is 2.12. The van der Waals surface area contributed by atoms with E-state index >= 15 is 0 Å². The fourth-order valence-electron chi connectivity index (χ4n) is 1.74. The molecule has 0 unspecified atom stereocenters. The molecule has 1 aromatic carbocycles. The summed E-state index contributed by atoms with van der Waals surface area (Å²) in [6.07, 6.45) is 3.10. The number of halogens is 1. The van der Waals surface area contributed by atoms with Crippen molar-refractivity contribution >= 4 is 5.91 Å². The molecule has 0 bridgehead atoms. The smallest absolute Gasteiger partial charge is 0.223 e. The van der Waals surface area contributed by atoms with Crippen LogP contribution in [0.2, 0.25) is 0 Å². The lowest BCUT2D eigenvalue weighted by Gasteiger charge is -2.23. The lowest BCUT2D eigenvalue weighted by atomic mass is 9.85. The second kappa shape index (κ2) is 6.79. The third-order valence-electron chi connectivity index (χ3n) is 3.09. The van der Waals surface area contributed by atoms with Crippen LogP contribution in [-0.2, 0) is 4.79 Å². The Morgan fingerprint density at radius 2 is 2.16 bits per heavy atom. The van der Waals surface area contributed by atoms with Crippen LogP contribution >= 0.6 is 0 Å². The highest BCUT2D eigenvalue weighted by molar-refractivity contribution is 5.79. The van der Waals surface area contributed by atoms with Crippen LogP contribution in [0.5, 0.6) is 5.75 Å². The first kappa shape index (κ1) is 13.4. The van der Waals surface area contributed by atoms with Gasteiger partial charge in [0.2, 0.25) is 5.91 Å². The molecule has 1 saturated carbocycles. The maximum absolute atomic E-state index is 13.2. The molecule has 2 rings (SSSR count). The van der Waals surface area contributed by atoms with Gasteiger partial charge in [-0.1, -0.05) is 30.4 Å². The molecule has 0 aliphatic heterocycles.